The summed E-state index contributed by atoms with van der Waals surface area (Å²) in [5, 5.41) is 31.2. The predicted octanol–water partition coefficient (Wildman–Crippen LogP) is 5.85. The highest BCUT2D eigenvalue weighted by atomic mass is 16.6. The first-order chi connectivity index (χ1) is 12.9. The van der Waals surface area contributed by atoms with Crippen molar-refractivity contribution in [1.82, 2.24) is 0 Å². The van der Waals surface area contributed by atoms with E-state index in [1.165, 1.54) is 18.2 Å². The third-order valence-electron chi connectivity index (χ3n) is 4.63. The van der Waals surface area contributed by atoms with E-state index in [0.29, 0.717) is 11.1 Å². The van der Waals surface area contributed by atoms with Crippen molar-refractivity contribution >= 4 is 11.3 Å². The van der Waals surface area contributed by atoms with Crippen molar-refractivity contribution in [2.75, 3.05) is 0 Å². The van der Waals surface area contributed by atoms with Gasteiger partial charge in [-0.05, 0) is 51.8 Å². The molecule has 0 unspecified atom stereocenters. The molecule has 0 saturated heterocycles. The predicted molar refractivity (Wildman–Crippen MR) is 111 cm³/mol. The van der Waals surface area contributed by atoms with E-state index in [-0.39, 0.29) is 22.3 Å². The van der Waals surface area contributed by atoms with Gasteiger partial charge < -0.3 is 5.11 Å². The highest BCUT2D eigenvalue weighted by Gasteiger charge is 2.27. The molecule has 0 heterocycles. The van der Waals surface area contributed by atoms with E-state index in [1.54, 1.807) is 12.1 Å². The van der Waals surface area contributed by atoms with Crippen molar-refractivity contribution in [2.24, 2.45) is 0 Å². The monoisotopic (exact) mass is 378 g/mol. The van der Waals surface area contributed by atoms with E-state index in [4.69, 9.17) is 0 Å². The number of non-ortho nitro benzene ring substituents is 1. The minimum atomic E-state index is -0.451. The normalized spacial score (nSPS) is 12.5. The van der Waals surface area contributed by atoms with Gasteiger partial charge in [0.1, 0.15) is 5.75 Å². The largest absolute Gasteiger partial charge is 0.507 e. The molecule has 2 rings (SSSR count). The van der Waals surface area contributed by atoms with E-state index in [9.17, 15) is 20.5 Å². The molecule has 2 aromatic rings. The van der Waals surface area contributed by atoms with Crippen molar-refractivity contribution in [3.05, 3.63) is 74.8 Å². The fourth-order valence-corrected chi connectivity index (χ4v) is 3.09. The van der Waals surface area contributed by atoms with Gasteiger partial charge in [0.15, 0.2) is 0 Å². The Morgan fingerprint density at radius 1 is 1.00 bits per heavy atom. The van der Waals surface area contributed by atoms with E-state index in [2.05, 4.69) is 6.07 Å². The summed E-state index contributed by atoms with van der Waals surface area (Å²) < 4.78 is 0. The summed E-state index contributed by atoms with van der Waals surface area (Å²) in [6, 6.07) is 12.0. The van der Waals surface area contributed by atoms with Gasteiger partial charge in [0.2, 0.25) is 0 Å². The number of nitro benzene ring substituents is 1. The Morgan fingerprint density at radius 3 is 1.82 bits per heavy atom. The molecule has 0 atom stereocenters. The van der Waals surface area contributed by atoms with Crippen LogP contribution in [0.1, 0.15) is 63.8 Å². The van der Waals surface area contributed by atoms with Crippen LogP contribution < -0.4 is 0 Å². The van der Waals surface area contributed by atoms with Crippen LogP contribution in [-0.4, -0.2) is 10.0 Å². The Morgan fingerprint density at radius 2 is 1.46 bits per heavy atom. The van der Waals surface area contributed by atoms with Gasteiger partial charge in [0.05, 0.1) is 11.0 Å². The van der Waals surface area contributed by atoms with Gasteiger partial charge >= 0.3 is 0 Å². The van der Waals surface area contributed by atoms with Crippen LogP contribution in [0.2, 0.25) is 0 Å². The van der Waals surface area contributed by atoms with Gasteiger partial charge in [-0.15, -0.1) is 0 Å². The first-order valence-electron chi connectivity index (χ1n) is 9.09. The number of nitrogens with zero attached hydrogens (tertiary/aromatic N) is 2. The summed E-state index contributed by atoms with van der Waals surface area (Å²) in [6.07, 6.45) is 1.44. The van der Waals surface area contributed by atoms with Crippen molar-refractivity contribution in [2.45, 2.75) is 52.4 Å². The Balaban J connectivity index is 2.76. The number of phenolic OH excluding ortho intramolecular Hbond substituents is 1. The molecule has 0 spiro atoms. The third kappa shape index (κ3) is 4.40. The molecule has 146 valence electrons. The molecule has 0 fully saturated rings. The number of allylic oxidation sites excluding steroid dienone is 1. The number of hydrogen-bond donors (Lipinski definition) is 1. The standard InChI is InChI=1S/C23H26N2O3/c1-22(2,3)19-13-16(14-20(21(19)26)23(4,5)6)18(11-12-24)15-7-9-17(10-8-15)25(27)28/h7-11,13-14,26H,1-6H3. The van der Waals surface area contributed by atoms with Crippen LogP contribution in [-0.2, 0) is 10.8 Å². The van der Waals surface area contributed by atoms with Crippen LogP contribution in [0.5, 0.6) is 5.75 Å². The van der Waals surface area contributed by atoms with Gasteiger partial charge in [0, 0.05) is 29.3 Å². The maximum Gasteiger partial charge on any atom is 0.269 e. The quantitative estimate of drug-likeness (QED) is 0.412. The van der Waals surface area contributed by atoms with Gasteiger partial charge in [-0.2, -0.15) is 5.26 Å². The molecule has 0 amide bonds. The van der Waals surface area contributed by atoms with Crippen LogP contribution in [0.3, 0.4) is 0 Å². The third-order valence-corrected chi connectivity index (χ3v) is 4.63. The first-order valence-corrected chi connectivity index (χ1v) is 9.09. The van der Waals surface area contributed by atoms with Gasteiger partial charge in [-0.1, -0.05) is 41.5 Å². The minimum Gasteiger partial charge on any atom is -0.507 e. The number of nitriles is 1. The highest BCUT2D eigenvalue weighted by Crippen LogP contribution is 2.42. The van der Waals surface area contributed by atoms with Crippen molar-refractivity contribution < 1.29 is 10.0 Å². The molecular weight excluding hydrogens is 352 g/mol. The van der Waals surface area contributed by atoms with Gasteiger partial charge in [-0.3, -0.25) is 10.1 Å². The summed E-state index contributed by atoms with van der Waals surface area (Å²) in [7, 11) is 0. The molecule has 0 radical (unpaired) electrons. The molecule has 5 nitrogen and oxygen atoms in total. The van der Waals surface area contributed by atoms with E-state index in [0.717, 1.165) is 16.7 Å². The second-order valence-corrected chi connectivity index (χ2v) is 8.91. The smallest absolute Gasteiger partial charge is 0.269 e. The molecule has 0 aliphatic rings. The maximum absolute atomic E-state index is 10.9. The summed E-state index contributed by atoms with van der Waals surface area (Å²) in [4.78, 5) is 10.5. The van der Waals surface area contributed by atoms with Gasteiger partial charge in [-0.25, -0.2) is 0 Å². The van der Waals surface area contributed by atoms with Crippen LogP contribution in [0.15, 0.2) is 42.5 Å². The van der Waals surface area contributed by atoms with E-state index in [1.807, 2.05) is 53.7 Å². The Labute approximate surface area is 166 Å². The molecule has 0 aromatic heterocycles. The van der Waals surface area contributed by atoms with Crippen molar-refractivity contribution in [3.8, 4) is 11.8 Å². The molecule has 0 aliphatic heterocycles. The zero-order valence-electron chi connectivity index (χ0n) is 17.2. The number of rotatable bonds is 3. The number of aromatic hydroxyl groups is 1. The summed E-state index contributed by atoms with van der Waals surface area (Å²) in [5.74, 6) is 0.267. The van der Waals surface area contributed by atoms with Crippen LogP contribution in [0.25, 0.3) is 5.57 Å². The number of phenols is 1. The number of benzene rings is 2. The summed E-state index contributed by atoms with van der Waals surface area (Å²) in [6.45, 7) is 12.2. The van der Waals surface area contributed by atoms with Crippen LogP contribution in [0.4, 0.5) is 5.69 Å². The topological polar surface area (TPSA) is 87.2 Å². The summed E-state index contributed by atoms with van der Waals surface area (Å²) in [5.41, 5.74) is 3.15. The molecular formula is C23H26N2O3. The molecule has 28 heavy (non-hydrogen) atoms. The fraction of sp³-hybridized carbons (Fsp3) is 0.348. The molecule has 0 aliphatic carbocycles. The lowest BCUT2D eigenvalue weighted by Gasteiger charge is -2.28. The van der Waals surface area contributed by atoms with Crippen LogP contribution in [0, 0.1) is 21.4 Å². The molecule has 0 bridgehead atoms. The summed E-state index contributed by atoms with van der Waals surface area (Å²) >= 11 is 0. The molecule has 5 heteroatoms. The lowest BCUT2D eigenvalue weighted by atomic mass is 9.77. The maximum atomic E-state index is 10.9. The lowest BCUT2D eigenvalue weighted by molar-refractivity contribution is -0.384. The Kier molecular flexibility index (Phi) is 5.65. The fourth-order valence-electron chi connectivity index (χ4n) is 3.09. The van der Waals surface area contributed by atoms with Crippen molar-refractivity contribution in [3.63, 3.8) is 0 Å². The Hall–Kier alpha value is -3.13. The van der Waals surface area contributed by atoms with E-state index < -0.39 is 4.92 Å². The SMILES string of the molecule is CC(C)(C)c1cc(C(=CC#N)c2ccc([N+](=O)[O-])cc2)cc(C(C)(C)C)c1O. The van der Waals surface area contributed by atoms with Crippen LogP contribution >= 0.6 is 0 Å². The zero-order valence-corrected chi connectivity index (χ0v) is 17.2. The number of hydrogen-bond acceptors (Lipinski definition) is 4. The molecule has 0 saturated carbocycles. The number of nitro groups is 1. The molecule has 1 N–H and O–H groups in total. The van der Waals surface area contributed by atoms with Crippen molar-refractivity contribution in [1.29, 1.82) is 5.26 Å². The lowest BCUT2D eigenvalue weighted by Crippen LogP contribution is -2.18. The molecule has 2 aromatic carbocycles. The highest BCUT2D eigenvalue weighted by molar-refractivity contribution is 5.83. The second-order valence-electron chi connectivity index (χ2n) is 8.91. The zero-order chi connectivity index (χ0) is 21.3. The first kappa shape index (κ1) is 21.2. The minimum absolute atomic E-state index is 0.00322. The average Bonchev–Trinajstić information content (AvgIpc) is 2.58. The Bertz CT molecular complexity index is 932. The van der Waals surface area contributed by atoms with E-state index >= 15 is 0 Å². The van der Waals surface area contributed by atoms with Gasteiger partial charge in [0.25, 0.3) is 5.69 Å². The average molecular weight is 378 g/mol. The second kappa shape index (κ2) is 7.47.